The summed E-state index contributed by atoms with van der Waals surface area (Å²) in [6.45, 7) is 5.19. The first-order valence-corrected chi connectivity index (χ1v) is 10.7. The minimum absolute atomic E-state index is 0.0406. The third-order valence-corrected chi connectivity index (χ3v) is 6.64. The van der Waals surface area contributed by atoms with Gasteiger partial charge in [-0.25, -0.2) is 4.39 Å². The molecule has 0 unspecified atom stereocenters. The number of hydrogen-bond donors (Lipinski definition) is 0. The number of pyridine rings is 1. The average molecular weight is 410 g/mol. The summed E-state index contributed by atoms with van der Waals surface area (Å²) in [6, 6.07) is 8.40. The van der Waals surface area contributed by atoms with Gasteiger partial charge in [0.2, 0.25) is 5.91 Å². The van der Waals surface area contributed by atoms with Gasteiger partial charge in [-0.2, -0.15) is 0 Å². The van der Waals surface area contributed by atoms with Crippen LogP contribution in [0.3, 0.4) is 0 Å². The highest BCUT2D eigenvalue weighted by Crippen LogP contribution is 2.39. The van der Waals surface area contributed by atoms with Gasteiger partial charge < -0.3 is 9.80 Å². The molecule has 158 valence electrons. The number of rotatable bonds is 3. The van der Waals surface area contributed by atoms with Crippen molar-refractivity contribution in [3.05, 3.63) is 65.2 Å². The molecule has 4 rings (SSSR count). The van der Waals surface area contributed by atoms with E-state index < -0.39 is 0 Å². The Bertz CT molecular complexity index is 963. The van der Waals surface area contributed by atoms with Gasteiger partial charge >= 0.3 is 0 Å². The standard InChI is InChI=1S/C24H28FN3O2/c1-17(29)27-10-5-9-24(2)22(27)8-4-11-28(24)23(30)20-13-19(15-26-16-20)12-18-6-3-7-21(25)14-18/h3,6-7,13-16,22H,4-5,8-12H2,1-2H3/t22-,24-/m0/s1. The monoisotopic (exact) mass is 409 g/mol. The minimum Gasteiger partial charge on any atom is -0.338 e. The van der Waals surface area contributed by atoms with Gasteiger partial charge in [0.05, 0.1) is 17.1 Å². The van der Waals surface area contributed by atoms with E-state index in [0.29, 0.717) is 18.5 Å². The molecule has 6 heteroatoms. The van der Waals surface area contributed by atoms with E-state index in [9.17, 15) is 14.0 Å². The number of amides is 2. The quantitative estimate of drug-likeness (QED) is 0.775. The third-order valence-electron chi connectivity index (χ3n) is 6.64. The lowest BCUT2D eigenvalue weighted by Gasteiger charge is -2.56. The molecular formula is C24H28FN3O2. The molecule has 1 aromatic heterocycles. The Morgan fingerprint density at radius 2 is 2.00 bits per heavy atom. The van der Waals surface area contributed by atoms with Gasteiger partial charge in [-0.15, -0.1) is 0 Å². The number of hydrogen-bond acceptors (Lipinski definition) is 3. The Morgan fingerprint density at radius 1 is 1.17 bits per heavy atom. The fourth-order valence-electron chi connectivity index (χ4n) is 5.20. The number of carbonyl (C=O) groups excluding carboxylic acids is 2. The van der Waals surface area contributed by atoms with Crippen molar-refractivity contribution in [3.63, 3.8) is 0 Å². The maximum atomic E-state index is 13.5. The van der Waals surface area contributed by atoms with Gasteiger partial charge in [0.1, 0.15) is 5.82 Å². The zero-order valence-electron chi connectivity index (χ0n) is 17.6. The van der Waals surface area contributed by atoms with Crippen LogP contribution in [-0.2, 0) is 11.2 Å². The lowest BCUT2D eigenvalue weighted by molar-refractivity contribution is -0.140. The van der Waals surface area contributed by atoms with Gasteiger partial charge in [-0.05, 0) is 68.4 Å². The summed E-state index contributed by atoms with van der Waals surface area (Å²) in [7, 11) is 0. The second-order valence-electron chi connectivity index (χ2n) is 8.68. The lowest BCUT2D eigenvalue weighted by Crippen LogP contribution is -2.68. The Kier molecular flexibility index (Phi) is 5.58. The molecule has 0 spiro atoms. The Hall–Kier alpha value is -2.76. The van der Waals surface area contributed by atoms with E-state index in [4.69, 9.17) is 0 Å². The summed E-state index contributed by atoms with van der Waals surface area (Å²) >= 11 is 0. The maximum Gasteiger partial charge on any atom is 0.255 e. The average Bonchev–Trinajstić information content (AvgIpc) is 2.72. The predicted molar refractivity (Wildman–Crippen MR) is 113 cm³/mol. The number of likely N-dealkylation sites (tertiary alicyclic amines) is 2. The maximum absolute atomic E-state index is 13.5. The van der Waals surface area contributed by atoms with Crippen molar-refractivity contribution in [1.29, 1.82) is 0 Å². The highest BCUT2D eigenvalue weighted by atomic mass is 19.1. The molecule has 1 aromatic carbocycles. The van der Waals surface area contributed by atoms with E-state index in [1.165, 1.54) is 12.1 Å². The van der Waals surface area contributed by atoms with E-state index in [1.54, 1.807) is 25.4 Å². The van der Waals surface area contributed by atoms with Crippen molar-refractivity contribution in [2.24, 2.45) is 0 Å². The second-order valence-corrected chi connectivity index (χ2v) is 8.68. The van der Waals surface area contributed by atoms with Crippen LogP contribution in [0, 0.1) is 5.82 Å². The van der Waals surface area contributed by atoms with E-state index >= 15 is 0 Å². The number of nitrogens with zero attached hydrogens (tertiary/aromatic N) is 3. The van der Waals surface area contributed by atoms with Crippen LogP contribution in [0.4, 0.5) is 4.39 Å². The van der Waals surface area contributed by atoms with Gasteiger partial charge in [-0.1, -0.05) is 12.1 Å². The smallest absolute Gasteiger partial charge is 0.255 e. The fraction of sp³-hybridized carbons (Fsp3) is 0.458. The number of benzene rings is 1. The normalized spacial score (nSPS) is 23.8. The second kappa shape index (κ2) is 8.17. The van der Waals surface area contributed by atoms with Crippen LogP contribution in [0.5, 0.6) is 0 Å². The molecule has 0 N–H and O–H groups in total. The molecule has 30 heavy (non-hydrogen) atoms. The van der Waals surface area contributed by atoms with Crippen molar-refractivity contribution in [3.8, 4) is 0 Å². The molecule has 2 fully saturated rings. The Morgan fingerprint density at radius 3 is 2.77 bits per heavy atom. The van der Waals surface area contributed by atoms with Crippen LogP contribution in [-0.4, -0.2) is 51.3 Å². The van der Waals surface area contributed by atoms with Crippen LogP contribution in [0.25, 0.3) is 0 Å². The minimum atomic E-state index is -0.363. The SMILES string of the molecule is CC(=O)N1CCC[C@@]2(C)[C@@H]1CCCN2C(=O)c1cncc(Cc2cccc(F)c2)c1. The molecule has 2 amide bonds. The van der Waals surface area contributed by atoms with Crippen molar-refractivity contribution >= 4 is 11.8 Å². The predicted octanol–water partition coefficient (Wildman–Crippen LogP) is 3.82. The van der Waals surface area contributed by atoms with Gasteiger partial charge in [0, 0.05) is 32.4 Å². The molecule has 0 saturated carbocycles. The summed E-state index contributed by atoms with van der Waals surface area (Å²) in [6.07, 6.45) is 7.45. The highest BCUT2D eigenvalue weighted by molar-refractivity contribution is 5.95. The van der Waals surface area contributed by atoms with Gasteiger partial charge in [0.25, 0.3) is 5.91 Å². The topological polar surface area (TPSA) is 53.5 Å². The summed E-state index contributed by atoms with van der Waals surface area (Å²) in [5.74, 6) is -0.229. The number of fused-ring (bicyclic) bond motifs is 1. The van der Waals surface area contributed by atoms with Crippen LogP contribution in [0.15, 0.2) is 42.7 Å². The Balaban J connectivity index is 1.58. The largest absolute Gasteiger partial charge is 0.338 e. The van der Waals surface area contributed by atoms with E-state index in [0.717, 1.165) is 43.4 Å². The Labute approximate surface area is 176 Å². The molecule has 2 aromatic rings. The first-order valence-electron chi connectivity index (χ1n) is 10.7. The van der Waals surface area contributed by atoms with E-state index in [1.807, 2.05) is 21.9 Å². The van der Waals surface area contributed by atoms with Crippen LogP contribution >= 0.6 is 0 Å². The molecule has 5 nitrogen and oxygen atoms in total. The van der Waals surface area contributed by atoms with Crippen molar-refractivity contribution in [2.45, 2.75) is 57.5 Å². The molecule has 2 saturated heterocycles. The summed E-state index contributed by atoms with van der Waals surface area (Å²) in [4.78, 5) is 33.9. The van der Waals surface area contributed by atoms with Crippen molar-refractivity contribution < 1.29 is 14.0 Å². The molecule has 2 aliphatic heterocycles. The van der Waals surface area contributed by atoms with Crippen LogP contribution in [0.1, 0.15) is 61.0 Å². The van der Waals surface area contributed by atoms with E-state index in [-0.39, 0.29) is 29.2 Å². The van der Waals surface area contributed by atoms with Crippen molar-refractivity contribution in [2.75, 3.05) is 13.1 Å². The molecule has 2 aliphatic rings. The van der Waals surface area contributed by atoms with E-state index in [2.05, 4.69) is 11.9 Å². The van der Waals surface area contributed by atoms with Gasteiger partial charge in [0.15, 0.2) is 0 Å². The van der Waals surface area contributed by atoms with Gasteiger partial charge in [-0.3, -0.25) is 14.6 Å². The highest BCUT2D eigenvalue weighted by Gasteiger charge is 2.49. The summed E-state index contributed by atoms with van der Waals surface area (Å²) in [5, 5.41) is 0. The molecular weight excluding hydrogens is 381 g/mol. The molecule has 0 aliphatic carbocycles. The first kappa shape index (κ1) is 20.5. The first-order chi connectivity index (χ1) is 14.4. The summed E-state index contributed by atoms with van der Waals surface area (Å²) < 4.78 is 13.5. The molecule has 2 atom stereocenters. The van der Waals surface area contributed by atoms with Crippen LogP contribution in [0.2, 0.25) is 0 Å². The number of piperidine rings is 2. The van der Waals surface area contributed by atoms with Crippen LogP contribution < -0.4 is 0 Å². The number of halogens is 1. The zero-order valence-corrected chi connectivity index (χ0v) is 17.6. The molecule has 0 bridgehead atoms. The number of aromatic nitrogens is 1. The third kappa shape index (κ3) is 3.83. The summed E-state index contributed by atoms with van der Waals surface area (Å²) in [5.41, 5.74) is 1.90. The fourth-order valence-corrected chi connectivity index (χ4v) is 5.20. The lowest BCUT2D eigenvalue weighted by atomic mass is 9.75. The van der Waals surface area contributed by atoms with Crippen molar-refractivity contribution in [1.82, 2.24) is 14.8 Å². The molecule has 0 radical (unpaired) electrons. The number of carbonyl (C=O) groups is 2. The zero-order chi connectivity index (χ0) is 21.3. The molecule has 3 heterocycles.